The number of nitrogens with zero attached hydrogens (tertiary/aromatic N) is 1. The zero-order valence-electron chi connectivity index (χ0n) is 13.3. The number of hydrogen-bond acceptors (Lipinski definition) is 3. The van der Waals surface area contributed by atoms with E-state index in [1.807, 2.05) is 0 Å². The molecule has 3 N–H and O–H groups in total. The van der Waals surface area contributed by atoms with Crippen molar-refractivity contribution in [2.75, 3.05) is 13.1 Å². The fourth-order valence-corrected chi connectivity index (χ4v) is 4.09. The molecule has 2 rings (SSSR count). The van der Waals surface area contributed by atoms with Gasteiger partial charge in [0.2, 0.25) is 5.91 Å². The van der Waals surface area contributed by atoms with Crippen LogP contribution in [0.5, 0.6) is 0 Å². The molecule has 1 amide bonds. The van der Waals surface area contributed by atoms with Gasteiger partial charge >= 0.3 is 0 Å². The van der Waals surface area contributed by atoms with E-state index in [9.17, 15) is 4.79 Å². The number of likely N-dealkylation sites (tertiary alicyclic amines) is 1. The van der Waals surface area contributed by atoms with E-state index in [-0.39, 0.29) is 5.91 Å². The molecule has 1 heterocycles. The molecule has 0 spiro atoms. The zero-order valence-corrected chi connectivity index (χ0v) is 13.3. The van der Waals surface area contributed by atoms with E-state index in [1.165, 1.54) is 32.4 Å². The lowest BCUT2D eigenvalue weighted by molar-refractivity contribution is -0.127. The molecule has 20 heavy (non-hydrogen) atoms. The quantitative estimate of drug-likeness (QED) is 0.827. The van der Waals surface area contributed by atoms with Crippen molar-refractivity contribution >= 4 is 5.91 Å². The predicted molar refractivity (Wildman–Crippen MR) is 82.4 cm³/mol. The summed E-state index contributed by atoms with van der Waals surface area (Å²) in [7, 11) is 0. The molecule has 2 fully saturated rings. The first-order valence-corrected chi connectivity index (χ1v) is 8.24. The summed E-state index contributed by atoms with van der Waals surface area (Å²) >= 11 is 0. The Morgan fingerprint density at radius 2 is 2.10 bits per heavy atom. The van der Waals surface area contributed by atoms with Crippen LogP contribution in [0, 0.1) is 5.92 Å². The van der Waals surface area contributed by atoms with Gasteiger partial charge in [0.05, 0.1) is 5.54 Å². The first kappa shape index (κ1) is 15.8. The van der Waals surface area contributed by atoms with Gasteiger partial charge in [-0.3, -0.25) is 4.79 Å². The zero-order chi connectivity index (χ0) is 14.8. The summed E-state index contributed by atoms with van der Waals surface area (Å²) in [6.45, 7) is 8.89. The number of amides is 1. The normalized spacial score (nSPS) is 36.2. The van der Waals surface area contributed by atoms with Gasteiger partial charge in [-0.25, -0.2) is 0 Å². The van der Waals surface area contributed by atoms with Crippen LogP contribution in [0.2, 0.25) is 0 Å². The second kappa shape index (κ2) is 6.44. The summed E-state index contributed by atoms with van der Waals surface area (Å²) < 4.78 is 0. The molecule has 2 aliphatic rings. The average molecular weight is 281 g/mol. The van der Waals surface area contributed by atoms with Crippen LogP contribution < -0.4 is 11.1 Å². The summed E-state index contributed by atoms with van der Waals surface area (Å²) in [6, 6.07) is 0.812. The molecule has 0 radical (unpaired) electrons. The second-order valence-corrected chi connectivity index (χ2v) is 7.24. The first-order valence-electron chi connectivity index (χ1n) is 8.24. The number of primary amides is 1. The predicted octanol–water partition coefficient (Wildman–Crippen LogP) is 1.88. The van der Waals surface area contributed by atoms with E-state index in [1.54, 1.807) is 0 Å². The highest BCUT2D eigenvalue weighted by atomic mass is 16.1. The Bertz CT molecular complexity index is 345. The molecule has 4 nitrogen and oxygen atoms in total. The van der Waals surface area contributed by atoms with Crippen molar-refractivity contribution in [2.45, 2.75) is 76.9 Å². The maximum absolute atomic E-state index is 12.0. The Morgan fingerprint density at radius 3 is 2.70 bits per heavy atom. The van der Waals surface area contributed by atoms with E-state index in [2.05, 4.69) is 31.0 Å². The van der Waals surface area contributed by atoms with Gasteiger partial charge in [0.25, 0.3) is 0 Å². The minimum absolute atomic E-state index is 0.166. The number of nitrogens with two attached hydrogens (primary N) is 1. The smallest absolute Gasteiger partial charge is 0.237 e. The van der Waals surface area contributed by atoms with Crippen molar-refractivity contribution in [3.05, 3.63) is 0 Å². The SMILES string of the molecule is CC1CCCN(C2CCCC(NC(C)C)(C(N)=O)C2)C1. The van der Waals surface area contributed by atoms with Crippen LogP contribution in [-0.4, -0.2) is 41.5 Å². The molecule has 3 atom stereocenters. The monoisotopic (exact) mass is 281 g/mol. The fourth-order valence-electron chi connectivity index (χ4n) is 4.09. The largest absolute Gasteiger partial charge is 0.368 e. The molecule has 116 valence electrons. The van der Waals surface area contributed by atoms with Crippen LogP contribution >= 0.6 is 0 Å². The number of piperidine rings is 1. The van der Waals surface area contributed by atoms with Gasteiger partial charge in [-0.05, 0) is 64.8 Å². The molecule has 4 heteroatoms. The van der Waals surface area contributed by atoms with Crippen molar-refractivity contribution < 1.29 is 4.79 Å². The molecular weight excluding hydrogens is 250 g/mol. The van der Waals surface area contributed by atoms with Crippen LogP contribution in [0.25, 0.3) is 0 Å². The average Bonchev–Trinajstić information content (AvgIpc) is 2.38. The van der Waals surface area contributed by atoms with Crippen LogP contribution in [0.15, 0.2) is 0 Å². The fraction of sp³-hybridized carbons (Fsp3) is 0.938. The number of carbonyl (C=O) groups excluding carboxylic acids is 1. The lowest BCUT2D eigenvalue weighted by atomic mass is 9.76. The standard InChI is InChI=1S/C16H31N3O/c1-12(2)18-16(15(17)20)8-4-7-14(10-16)19-9-5-6-13(3)11-19/h12-14,18H,4-11H2,1-3H3,(H2,17,20). The molecule has 1 saturated heterocycles. The lowest BCUT2D eigenvalue weighted by Crippen LogP contribution is -2.62. The van der Waals surface area contributed by atoms with Gasteiger partial charge in [-0.1, -0.05) is 6.92 Å². The summed E-state index contributed by atoms with van der Waals surface area (Å²) in [5, 5.41) is 3.47. The summed E-state index contributed by atoms with van der Waals surface area (Å²) in [6.07, 6.45) is 6.71. The minimum atomic E-state index is -0.488. The third-order valence-electron chi connectivity index (χ3n) is 4.97. The van der Waals surface area contributed by atoms with Crippen molar-refractivity contribution in [1.29, 1.82) is 0 Å². The molecule has 0 aromatic rings. The van der Waals surface area contributed by atoms with Crippen molar-refractivity contribution in [1.82, 2.24) is 10.2 Å². The second-order valence-electron chi connectivity index (χ2n) is 7.24. The van der Waals surface area contributed by atoms with Gasteiger partial charge in [0.1, 0.15) is 0 Å². The van der Waals surface area contributed by atoms with Gasteiger partial charge in [0, 0.05) is 18.6 Å². The van der Waals surface area contributed by atoms with Gasteiger partial charge in [-0.15, -0.1) is 0 Å². The van der Waals surface area contributed by atoms with Crippen LogP contribution in [-0.2, 0) is 4.79 Å². The lowest BCUT2D eigenvalue weighted by Gasteiger charge is -2.46. The Kier molecular flexibility index (Phi) is 5.08. The molecule has 3 unspecified atom stereocenters. The number of nitrogens with one attached hydrogen (secondary N) is 1. The molecule has 0 aromatic carbocycles. The van der Waals surface area contributed by atoms with E-state index in [0.29, 0.717) is 12.1 Å². The third-order valence-corrected chi connectivity index (χ3v) is 4.97. The number of hydrogen-bond donors (Lipinski definition) is 2. The Morgan fingerprint density at radius 1 is 1.35 bits per heavy atom. The topological polar surface area (TPSA) is 58.4 Å². The molecule has 0 bridgehead atoms. The van der Waals surface area contributed by atoms with E-state index >= 15 is 0 Å². The van der Waals surface area contributed by atoms with Gasteiger partial charge in [0.15, 0.2) is 0 Å². The molecule has 1 saturated carbocycles. The van der Waals surface area contributed by atoms with Gasteiger partial charge in [-0.2, -0.15) is 0 Å². The van der Waals surface area contributed by atoms with Crippen LogP contribution in [0.3, 0.4) is 0 Å². The summed E-state index contributed by atoms with van der Waals surface area (Å²) in [4.78, 5) is 14.6. The molecule has 1 aliphatic carbocycles. The highest BCUT2D eigenvalue weighted by Gasteiger charge is 2.43. The molecule has 0 aromatic heterocycles. The highest BCUT2D eigenvalue weighted by Crippen LogP contribution is 2.33. The number of rotatable bonds is 4. The maximum atomic E-state index is 12.0. The first-order chi connectivity index (χ1) is 9.43. The summed E-state index contributed by atoms with van der Waals surface area (Å²) in [5.74, 6) is 0.618. The maximum Gasteiger partial charge on any atom is 0.237 e. The Hall–Kier alpha value is -0.610. The van der Waals surface area contributed by atoms with Crippen LogP contribution in [0.1, 0.15) is 59.3 Å². The third kappa shape index (κ3) is 3.53. The van der Waals surface area contributed by atoms with E-state index < -0.39 is 5.54 Å². The van der Waals surface area contributed by atoms with E-state index in [4.69, 9.17) is 5.73 Å². The Balaban J connectivity index is 2.07. The van der Waals surface area contributed by atoms with E-state index in [0.717, 1.165) is 25.2 Å². The van der Waals surface area contributed by atoms with Crippen molar-refractivity contribution in [2.24, 2.45) is 11.7 Å². The minimum Gasteiger partial charge on any atom is -0.368 e. The number of carbonyl (C=O) groups is 1. The summed E-state index contributed by atoms with van der Waals surface area (Å²) in [5.41, 5.74) is 5.26. The Labute approximate surface area is 123 Å². The van der Waals surface area contributed by atoms with Crippen molar-refractivity contribution in [3.63, 3.8) is 0 Å². The molecule has 1 aliphatic heterocycles. The van der Waals surface area contributed by atoms with Crippen LogP contribution in [0.4, 0.5) is 0 Å². The van der Waals surface area contributed by atoms with Crippen molar-refractivity contribution in [3.8, 4) is 0 Å². The molecular formula is C16H31N3O. The van der Waals surface area contributed by atoms with Gasteiger partial charge < -0.3 is 16.0 Å². The highest BCUT2D eigenvalue weighted by molar-refractivity contribution is 5.85.